The van der Waals surface area contributed by atoms with Crippen LogP contribution in [-0.4, -0.2) is 48.8 Å². The molecule has 0 aromatic heterocycles. The third kappa shape index (κ3) is 3.28. The molecule has 1 N–H and O–H groups in total. The fraction of sp³-hybridized carbons (Fsp3) is 0.750. The van der Waals surface area contributed by atoms with Gasteiger partial charge in [-0.3, -0.25) is 9.69 Å². The minimum atomic E-state index is -4.56. The summed E-state index contributed by atoms with van der Waals surface area (Å²) in [6.07, 6.45) is -5.68. The van der Waals surface area contributed by atoms with E-state index < -0.39 is 30.8 Å². The summed E-state index contributed by atoms with van der Waals surface area (Å²) < 4.78 is 39.4. The number of amides is 2. The molecule has 0 aliphatic carbocycles. The van der Waals surface area contributed by atoms with Crippen LogP contribution in [0, 0.1) is 0 Å². The summed E-state index contributed by atoms with van der Waals surface area (Å²) in [5.41, 5.74) is 0. The molecular formula is C8H11F3N2O3. The second-order valence-electron chi connectivity index (χ2n) is 3.33. The predicted octanol–water partition coefficient (Wildman–Crippen LogP) is 0.506. The van der Waals surface area contributed by atoms with Gasteiger partial charge in [-0.25, -0.2) is 4.79 Å². The first-order valence-corrected chi connectivity index (χ1v) is 4.59. The molecule has 0 saturated carbocycles. The largest absolute Gasteiger partial charge is 0.440 e. The number of carbonyl (C=O) groups is 2. The summed E-state index contributed by atoms with van der Waals surface area (Å²) in [7, 11) is 0. The number of hydrogen-bond donors (Lipinski definition) is 1. The van der Waals surface area contributed by atoms with E-state index in [1.165, 1.54) is 6.92 Å². The lowest BCUT2D eigenvalue weighted by molar-refractivity contribution is -0.163. The van der Waals surface area contributed by atoms with E-state index in [-0.39, 0.29) is 13.1 Å². The minimum Gasteiger partial charge on any atom is -0.440 e. The highest BCUT2D eigenvalue weighted by Crippen LogP contribution is 2.16. The van der Waals surface area contributed by atoms with Gasteiger partial charge in [0.2, 0.25) is 5.91 Å². The minimum absolute atomic E-state index is 0.142. The summed E-state index contributed by atoms with van der Waals surface area (Å²) >= 11 is 0. The SMILES string of the molecule is CC1C(=O)NCCN1C(=O)OCC(F)(F)F. The maximum absolute atomic E-state index is 11.8. The molecule has 2 amide bonds. The van der Waals surface area contributed by atoms with Gasteiger partial charge in [0, 0.05) is 13.1 Å². The van der Waals surface area contributed by atoms with Crippen LogP contribution in [0.5, 0.6) is 0 Å². The molecule has 1 rings (SSSR count). The lowest BCUT2D eigenvalue weighted by Gasteiger charge is -2.31. The van der Waals surface area contributed by atoms with Crippen LogP contribution in [0.3, 0.4) is 0 Å². The standard InChI is InChI=1S/C8H11F3N2O3/c1-5-6(14)12-2-3-13(5)7(15)16-4-8(9,10)11/h5H,2-4H2,1H3,(H,12,14). The Morgan fingerprint density at radius 2 is 2.25 bits per heavy atom. The fourth-order valence-electron chi connectivity index (χ4n) is 1.26. The van der Waals surface area contributed by atoms with Crippen molar-refractivity contribution >= 4 is 12.0 Å². The number of carbonyl (C=O) groups excluding carboxylic acids is 2. The lowest BCUT2D eigenvalue weighted by atomic mass is 10.2. The Morgan fingerprint density at radius 1 is 1.62 bits per heavy atom. The van der Waals surface area contributed by atoms with Crippen LogP contribution in [0.15, 0.2) is 0 Å². The first-order valence-electron chi connectivity index (χ1n) is 4.59. The molecule has 1 atom stereocenters. The van der Waals surface area contributed by atoms with Crippen molar-refractivity contribution in [1.29, 1.82) is 0 Å². The molecule has 16 heavy (non-hydrogen) atoms. The van der Waals surface area contributed by atoms with Gasteiger partial charge < -0.3 is 10.1 Å². The Morgan fingerprint density at radius 3 is 2.81 bits per heavy atom. The molecule has 0 bridgehead atoms. The molecule has 1 fully saturated rings. The smallest absolute Gasteiger partial charge is 0.422 e. The second kappa shape index (κ2) is 4.58. The van der Waals surface area contributed by atoms with Gasteiger partial charge in [-0.05, 0) is 6.92 Å². The van der Waals surface area contributed by atoms with Gasteiger partial charge in [0.05, 0.1) is 0 Å². The maximum atomic E-state index is 11.8. The van der Waals surface area contributed by atoms with Gasteiger partial charge in [-0.2, -0.15) is 13.2 Å². The monoisotopic (exact) mass is 240 g/mol. The molecule has 1 aliphatic rings. The van der Waals surface area contributed by atoms with Crippen LogP contribution >= 0.6 is 0 Å². The van der Waals surface area contributed by atoms with Gasteiger partial charge in [-0.15, -0.1) is 0 Å². The van der Waals surface area contributed by atoms with Crippen molar-refractivity contribution in [3.63, 3.8) is 0 Å². The van der Waals surface area contributed by atoms with Crippen molar-refractivity contribution in [2.24, 2.45) is 0 Å². The predicted molar refractivity (Wildman–Crippen MR) is 46.6 cm³/mol. The van der Waals surface area contributed by atoms with Crippen LogP contribution in [0.2, 0.25) is 0 Å². The molecule has 1 saturated heterocycles. The second-order valence-corrected chi connectivity index (χ2v) is 3.33. The van der Waals surface area contributed by atoms with Gasteiger partial charge in [-0.1, -0.05) is 0 Å². The Bertz CT molecular complexity index is 293. The molecule has 92 valence electrons. The number of alkyl halides is 3. The van der Waals surface area contributed by atoms with E-state index in [0.29, 0.717) is 0 Å². The Kier molecular flexibility index (Phi) is 3.61. The zero-order valence-electron chi connectivity index (χ0n) is 8.50. The van der Waals surface area contributed by atoms with Crippen LogP contribution in [0.25, 0.3) is 0 Å². The molecule has 0 spiro atoms. The maximum Gasteiger partial charge on any atom is 0.422 e. The zero-order chi connectivity index (χ0) is 12.3. The van der Waals surface area contributed by atoms with Crippen molar-refractivity contribution in [3.05, 3.63) is 0 Å². The van der Waals surface area contributed by atoms with Gasteiger partial charge >= 0.3 is 12.3 Å². The summed E-state index contributed by atoms with van der Waals surface area (Å²) in [6, 6.07) is -0.811. The van der Waals surface area contributed by atoms with Crippen LogP contribution in [0.1, 0.15) is 6.92 Å². The molecule has 8 heteroatoms. The molecule has 0 aromatic rings. The lowest BCUT2D eigenvalue weighted by Crippen LogP contribution is -2.56. The summed E-state index contributed by atoms with van der Waals surface area (Å²) in [6.45, 7) is 0.133. The molecule has 1 unspecified atom stereocenters. The average molecular weight is 240 g/mol. The van der Waals surface area contributed by atoms with Crippen LogP contribution in [-0.2, 0) is 9.53 Å². The zero-order valence-corrected chi connectivity index (χ0v) is 8.50. The third-order valence-electron chi connectivity index (χ3n) is 2.09. The number of halogens is 3. The van der Waals surface area contributed by atoms with Crippen molar-refractivity contribution in [2.75, 3.05) is 19.7 Å². The quantitative estimate of drug-likeness (QED) is 0.726. The van der Waals surface area contributed by atoms with Crippen LogP contribution < -0.4 is 5.32 Å². The Hall–Kier alpha value is -1.47. The summed E-state index contributed by atoms with van der Waals surface area (Å²) in [4.78, 5) is 23.3. The normalized spacial score (nSPS) is 21.6. The number of nitrogens with zero attached hydrogens (tertiary/aromatic N) is 1. The highest BCUT2D eigenvalue weighted by atomic mass is 19.4. The fourth-order valence-corrected chi connectivity index (χ4v) is 1.26. The van der Waals surface area contributed by atoms with Crippen molar-refractivity contribution in [1.82, 2.24) is 10.2 Å². The molecule has 5 nitrogen and oxygen atoms in total. The highest BCUT2D eigenvalue weighted by Gasteiger charge is 2.34. The van der Waals surface area contributed by atoms with E-state index in [0.717, 1.165) is 4.90 Å². The molecule has 1 heterocycles. The number of hydrogen-bond acceptors (Lipinski definition) is 3. The average Bonchev–Trinajstić information content (AvgIpc) is 2.17. The Balaban J connectivity index is 2.50. The van der Waals surface area contributed by atoms with E-state index >= 15 is 0 Å². The van der Waals surface area contributed by atoms with Crippen molar-refractivity contribution in [3.8, 4) is 0 Å². The summed E-state index contributed by atoms with van der Waals surface area (Å²) in [5.74, 6) is -0.407. The van der Waals surface area contributed by atoms with E-state index in [2.05, 4.69) is 10.1 Å². The van der Waals surface area contributed by atoms with Gasteiger partial charge in [0.15, 0.2) is 6.61 Å². The first-order chi connectivity index (χ1) is 7.31. The number of piperazine rings is 1. The van der Waals surface area contributed by atoms with Crippen molar-refractivity contribution in [2.45, 2.75) is 19.1 Å². The topological polar surface area (TPSA) is 58.6 Å². The number of nitrogens with one attached hydrogen (secondary N) is 1. The van der Waals surface area contributed by atoms with Crippen LogP contribution in [0.4, 0.5) is 18.0 Å². The van der Waals surface area contributed by atoms with E-state index in [9.17, 15) is 22.8 Å². The molecule has 0 aromatic carbocycles. The van der Waals surface area contributed by atoms with E-state index in [1.54, 1.807) is 0 Å². The molecular weight excluding hydrogens is 229 g/mol. The van der Waals surface area contributed by atoms with E-state index in [1.807, 2.05) is 0 Å². The van der Waals surface area contributed by atoms with Crippen molar-refractivity contribution < 1.29 is 27.5 Å². The van der Waals surface area contributed by atoms with Gasteiger partial charge in [0.1, 0.15) is 6.04 Å². The highest BCUT2D eigenvalue weighted by molar-refractivity contribution is 5.86. The number of ether oxygens (including phenoxy) is 1. The van der Waals surface area contributed by atoms with Gasteiger partial charge in [0.25, 0.3) is 0 Å². The third-order valence-corrected chi connectivity index (χ3v) is 2.09. The first kappa shape index (κ1) is 12.6. The summed E-state index contributed by atoms with van der Waals surface area (Å²) in [5, 5.41) is 2.48. The van der Waals surface area contributed by atoms with E-state index in [4.69, 9.17) is 0 Å². The molecule has 0 radical (unpaired) electrons. The Labute approximate surface area is 89.5 Å². The molecule has 1 aliphatic heterocycles. The number of rotatable bonds is 1.